The first kappa shape index (κ1) is 18.8. The summed E-state index contributed by atoms with van der Waals surface area (Å²) in [6, 6.07) is 14.6. The Bertz CT molecular complexity index is 961. The molecular weight excluding hydrogens is 366 g/mol. The quantitative estimate of drug-likeness (QED) is 0.586. The van der Waals surface area contributed by atoms with Gasteiger partial charge in [0.15, 0.2) is 0 Å². The van der Waals surface area contributed by atoms with Crippen molar-refractivity contribution in [3.05, 3.63) is 69.8 Å². The molecule has 1 saturated carbocycles. The van der Waals surface area contributed by atoms with Crippen LogP contribution in [0.4, 0.5) is 0 Å². The standard InChI is InChI=1S/C23H25N3OS/c1-15-7-9-18(10-8-15)23-21(28-17(3)25-23)14-22(27)26(19-11-12-19)16(2)20-6-4-5-13-24-20/h4-10,13,16,19H,11-12,14H2,1-3H3. The van der Waals surface area contributed by atoms with Crippen LogP contribution in [0.1, 0.15) is 46.9 Å². The highest BCUT2D eigenvalue weighted by molar-refractivity contribution is 7.12. The number of aryl methyl sites for hydroxylation is 2. The lowest BCUT2D eigenvalue weighted by Crippen LogP contribution is -2.36. The monoisotopic (exact) mass is 391 g/mol. The highest BCUT2D eigenvalue weighted by Crippen LogP contribution is 2.36. The molecule has 0 radical (unpaired) electrons. The molecule has 1 amide bonds. The van der Waals surface area contributed by atoms with Crippen LogP contribution in [0.2, 0.25) is 0 Å². The van der Waals surface area contributed by atoms with Crippen LogP contribution in [0, 0.1) is 13.8 Å². The minimum absolute atomic E-state index is 0.0157. The molecular formula is C23H25N3OS. The summed E-state index contributed by atoms with van der Waals surface area (Å²) in [5.41, 5.74) is 4.19. The number of hydrogen-bond donors (Lipinski definition) is 0. The molecule has 0 bridgehead atoms. The van der Waals surface area contributed by atoms with E-state index < -0.39 is 0 Å². The average Bonchev–Trinajstić information content (AvgIpc) is 3.45. The maximum atomic E-state index is 13.3. The molecule has 1 aromatic carbocycles. The van der Waals surface area contributed by atoms with Crippen molar-refractivity contribution in [3.63, 3.8) is 0 Å². The number of carbonyl (C=O) groups is 1. The van der Waals surface area contributed by atoms with Crippen molar-refractivity contribution in [1.29, 1.82) is 0 Å². The highest BCUT2D eigenvalue weighted by Gasteiger charge is 2.37. The first-order valence-corrected chi connectivity index (χ1v) is 10.6. The third kappa shape index (κ3) is 3.99. The molecule has 0 N–H and O–H groups in total. The number of amides is 1. The largest absolute Gasteiger partial charge is 0.331 e. The number of aromatic nitrogens is 2. The summed E-state index contributed by atoms with van der Waals surface area (Å²) in [5, 5.41) is 0.995. The van der Waals surface area contributed by atoms with Gasteiger partial charge in [-0.1, -0.05) is 35.9 Å². The summed E-state index contributed by atoms with van der Waals surface area (Å²) in [4.78, 5) is 25.6. The first-order chi connectivity index (χ1) is 13.5. The van der Waals surface area contributed by atoms with Crippen molar-refractivity contribution in [3.8, 4) is 11.3 Å². The molecule has 1 unspecified atom stereocenters. The normalized spacial score (nSPS) is 14.7. The molecule has 0 aliphatic heterocycles. The van der Waals surface area contributed by atoms with Crippen LogP contribution in [-0.2, 0) is 11.2 Å². The van der Waals surface area contributed by atoms with Gasteiger partial charge in [0.1, 0.15) is 0 Å². The fourth-order valence-corrected chi connectivity index (χ4v) is 4.56. The number of hydrogen-bond acceptors (Lipinski definition) is 4. The van der Waals surface area contributed by atoms with Gasteiger partial charge in [0.2, 0.25) is 5.91 Å². The van der Waals surface area contributed by atoms with E-state index in [-0.39, 0.29) is 11.9 Å². The van der Waals surface area contributed by atoms with Gasteiger partial charge in [0.05, 0.1) is 28.9 Å². The van der Waals surface area contributed by atoms with E-state index in [1.165, 1.54) is 5.56 Å². The minimum atomic E-state index is -0.0157. The smallest absolute Gasteiger partial charge is 0.228 e. The SMILES string of the molecule is Cc1ccc(-c2nc(C)sc2CC(=O)N(C2CC2)C(C)c2ccccn2)cc1. The van der Waals surface area contributed by atoms with Crippen LogP contribution in [0.3, 0.4) is 0 Å². The predicted octanol–water partition coefficient (Wildman–Crippen LogP) is 5.12. The summed E-state index contributed by atoms with van der Waals surface area (Å²) >= 11 is 1.62. The Hall–Kier alpha value is -2.53. The minimum Gasteiger partial charge on any atom is -0.331 e. The zero-order valence-corrected chi connectivity index (χ0v) is 17.4. The highest BCUT2D eigenvalue weighted by atomic mass is 32.1. The van der Waals surface area contributed by atoms with E-state index in [1.807, 2.05) is 30.0 Å². The summed E-state index contributed by atoms with van der Waals surface area (Å²) < 4.78 is 0. The zero-order chi connectivity index (χ0) is 19.7. The van der Waals surface area contributed by atoms with Crippen LogP contribution in [-0.4, -0.2) is 26.8 Å². The second-order valence-corrected chi connectivity index (χ2v) is 8.80. The lowest BCUT2D eigenvalue weighted by atomic mass is 10.1. The molecule has 1 atom stereocenters. The molecule has 144 valence electrons. The van der Waals surface area contributed by atoms with E-state index in [0.29, 0.717) is 12.5 Å². The Labute approximate surface area is 170 Å². The van der Waals surface area contributed by atoms with Crippen molar-refractivity contribution in [2.75, 3.05) is 0 Å². The third-order valence-electron chi connectivity index (χ3n) is 5.20. The fraction of sp³-hybridized carbons (Fsp3) is 0.348. The van der Waals surface area contributed by atoms with E-state index >= 15 is 0 Å². The van der Waals surface area contributed by atoms with E-state index in [4.69, 9.17) is 4.98 Å². The Morgan fingerprint density at radius 1 is 1.18 bits per heavy atom. The van der Waals surface area contributed by atoms with E-state index in [0.717, 1.165) is 39.7 Å². The molecule has 1 aliphatic carbocycles. The van der Waals surface area contributed by atoms with Gasteiger partial charge >= 0.3 is 0 Å². The van der Waals surface area contributed by atoms with Gasteiger partial charge in [-0.3, -0.25) is 9.78 Å². The molecule has 1 fully saturated rings. The molecule has 5 heteroatoms. The lowest BCUT2D eigenvalue weighted by Gasteiger charge is -2.29. The van der Waals surface area contributed by atoms with Crippen molar-refractivity contribution in [2.24, 2.45) is 0 Å². The predicted molar refractivity (Wildman–Crippen MR) is 113 cm³/mol. The molecule has 2 aromatic heterocycles. The Kier molecular flexibility index (Phi) is 5.27. The van der Waals surface area contributed by atoms with Gasteiger partial charge < -0.3 is 4.90 Å². The van der Waals surface area contributed by atoms with Gasteiger partial charge in [-0.2, -0.15) is 0 Å². The second-order valence-electron chi connectivity index (χ2n) is 7.51. The summed E-state index contributed by atoms with van der Waals surface area (Å²) in [7, 11) is 0. The number of pyridine rings is 1. The Morgan fingerprint density at radius 2 is 1.93 bits per heavy atom. The number of carbonyl (C=O) groups excluding carboxylic acids is 1. The van der Waals surface area contributed by atoms with Gasteiger partial charge in [-0.25, -0.2) is 4.98 Å². The van der Waals surface area contributed by atoms with Crippen LogP contribution < -0.4 is 0 Å². The maximum Gasteiger partial charge on any atom is 0.228 e. The van der Waals surface area contributed by atoms with Crippen LogP contribution in [0.25, 0.3) is 11.3 Å². The van der Waals surface area contributed by atoms with Crippen LogP contribution in [0.15, 0.2) is 48.7 Å². The van der Waals surface area contributed by atoms with E-state index in [2.05, 4.69) is 43.1 Å². The van der Waals surface area contributed by atoms with Crippen molar-refractivity contribution < 1.29 is 4.79 Å². The summed E-state index contributed by atoms with van der Waals surface area (Å²) in [6.45, 7) is 6.16. The number of nitrogens with zero attached hydrogens (tertiary/aromatic N) is 3. The molecule has 1 aliphatic rings. The maximum absolute atomic E-state index is 13.3. The molecule has 0 spiro atoms. The fourth-order valence-electron chi connectivity index (χ4n) is 3.61. The van der Waals surface area contributed by atoms with Crippen LogP contribution in [0.5, 0.6) is 0 Å². The topological polar surface area (TPSA) is 46.1 Å². The average molecular weight is 392 g/mol. The molecule has 3 aromatic rings. The third-order valence-corrected chi connectivity index (χ3v) is 6.17. The van der Waals surface area contributed by atoms with Crippen LogP contribution >= 0.6 is 11.3 Å². The molecule has 2 heterocycles. The van der Waals surface area contributed by atoms with Crippen molar-refractivity contribution >= 4 is 17.2 Å². The Morgan fingerprint density at radius 3 is 2.57 bits per heavy atom. The summed E-state index contributed by atoms with van der Waals surface area (Å²) in [5.74, 6) is 0.165. The molecule has 4 rings (SSSR count). The lowest BCUT2D eigenvalue weighted by molar-refractivity contribution is -0.133. The second kappa shape index (κ2) is 7.84. The van der Waals surface area contributed by atoms with E-state index in [1.54, 1.807) is 17.5 Å². The zero-order valence-electron chi connectivity index (χ0n) is 16.6. The number of thiazole rings is 1. The molecule has 4 nitrogen and oxygen atoms in total. The molecule has 28 heavy (non-hydrogen) atoms. The summed E-state index contributed by atoms with van der Waals surface area (Å²) in [6.07, 6.45) is 4.34. The van der Waals surface area contributed by atoms with Crippen molar-refractivity contribution in [1.82, 2.24) is 14.9 Å². The number of rotatable bonds is 6. The van der Waals surface area contributed by atoms with Gasteiger partial charge in [-0.15, -0.1) is 11.3 Å². The first-order valence-electron chi connectivity index (χ1n) is 9.78. The van der Waals surface area contributed by atoms with Gasteiger partial charge in [0.25, 0.3) is 0 Å². The number of benzene rings is 1. The van der Waals surface area contributed by atoms with E-state index in [9.17, 15) is 4.79 Å². The van der Waals surface area contributed by atoms with Gasteiger partial charge in [0, 0.05) is 22.7 Å². The van der Waals surface area contributed by atoms with Gasteiger partial charge in [-0.05, 0) is 45.7 Å². The van der Waals surface area contributed by atoms with Crippen molar-refractivity contribution in [2.45, 2.75) is 52.1 Å². The Balaban J connectivity index is 1.59. The molecule has 0 saturated heterocycles.